The summed E-state index contributed by atoms with van der Waals surface area (Å²) >= 11 is 0. The Hall–Kier alpha value is -1.52. The maximum Gasteiger partial charge on any atom is 0.191 e. The standard InChI is InChI=1S/C4H7N5/c5-4(6)9-3-1-7-8-2-3/h1-2H,(H,7,8)(H4,5,6,9). The number of nitrogens with zero attached hydrogens (tertiary/aromatic N) is 2. The van der Waals surface area contributed by atoms with E-state index in [9.17, 15) is 0 Å². The molecule has 5 heteroatoms. The number of H-pyrrole nitrogens is 1. The van der Waals surface area contributed by atoms with Crippen molar-refractivity contribution in [3.8, 4) is 0 Å². The highest BCUT2D eigenvalue weighted by atomic mass is 15.1. The number of aliphatic imine (C=N–C) groups is 1. The summed E-state index contributed by atoms with van der Waals surface area (Å²) in [5.41, 5.74) is 10.8. The fourth-order valence-corrected chi connectivity index (χ4v) is 0.454. The van der Waals surface area contributed by atoms with Crippen molar-refractivity contribution in [2.45, 2.75) is 0 Å². The molecule has 0 saturated heterocycles. The third-order valence-corrected chi connectivity index (χ3v) is 0.742. The number of rotatable bonds is 1. The van der Waals surface area contributed by atoms with Crippen LogP contribution in [0.4, 0.5) is 5.69 Å². The van der Waals surface area contributed by atoms with Gasteiger partial charge in [0.1, 0.15) is 5.69 Å². The van der Waals surface area contributed by atoms with Gasteiger partial charge in [0.25, 0.3) is 0 Å². The summed E-state index contributed by atoms with van der Waals surface area (Å²) in [6.45, 7) is 0. The van der Waals surface area contributed by atoms with Crippen molar-refractivity contribution in [3.05, 3.63) is 12.4 Å². The summed E-state index contributed by atoms with van der Waals surface area (Å²) in [6.07, 6.45) is 3.12. The van der Waals surface area contributed by atoms with Gasteiger partial charge in [0.15, 0.2) is 5.96 Å². The second-order valence-electron chi connectivity index (χ2n) is 1.49. The number of hydrogen-bond acceptors (Lipinski definition) is 2. The molecular formula is C4H7N5. The summed E-state index contributed by atoms with van der Waals surface area (Å²) in [6, 6.07) is 0. The molecule has 1 rings (SSSR count). The first-order valence-corrected chi connectivity index (χ1v) is 2.37. The van der Waals surface area contributed by atoms with Crippen molar-refractivity contribution in [2.75, 3.05) is 0 Å². The van der Waals surface area contributed by atoms with Gasteiger partial charge >= 0.3 is 0 Å². The van der Waals surface area contributed by atoms with Crippen LogP contribution in [0.2, 0.25) is 0 Å². The zero-order valence-corrected chi connectivity index (χ0v) is 4.70. The molecule has 0 saturated carbocycles. The zero-order chi connectivity index (χ0) is 6.69. The topological polar surface area (TPSA) is 93.1 Å². The van der Waals surface area contributed by atoms with Gasteiger partial charge in [0.05, 0.1) is 6.20 Å². The Balaban J connectivity index is 2.80. The monoisotopic (exact) mass is 125 g/mol. The number of aromatic nitrogens is 2. The Morgan fingerprint density at radius 2 is 2.44 bits per heavy atom. The molecule has 0 radical (unpaired) electrons. The minimum absolute atomic E-state index is 0.0383. The molecule has 48 valence electrons. The third kappa shape index (κ3) is 1.45. The average molecular weight is 125 g/mol. The predicted octanol–water partition coefficient (Wildman–Crippen LogP) is -0.685. The second-order valence-corrected chi connectivity index (χ2v) is 1.49. The summed E-state index contributed by atoms with van der Waals surface area (Å²) in [5.74, 6) is 0.0383. The number of aromatic amines is 1. The fourth-order valence-electron chi connectivity index (χ4n) is 0.454. The Kier molecular flexibility index (Phi) is 1.35. The lowest BCUT2D eigenvalue weighted by Gasteiger charge is -1.84. The van der Waals surface area contributed by atoms with Gasteiger partial charge in [-0.2, -0.15) is 5.10 Å². The summed E-state index contributed by atoms with van der Waals surface area (Å²) in [5, 5.41) is 6.20. The molecule has 5 nitrogen and oxygen atoms in total. The maximum absolute atomic E-state index is 5.07. The largest absolute Gasteiger partial charge is 0.370 e. The highest BCUT2D eigenvalue weighted by Crippen LogP contribution is 2.04. The molecule has 0 aliphatic heterocycles. The van der Waals surface area contributed by atoms with Crippen LogP contribution in [0.3, 0.4) is 0 Å². The lowest BCUT2D eigenvalue weighted by molar-refractivity contribution is 1.09. The van der Waals surface area contributed by atoms with E-state index in [1.54, 1.807) is 6.20 Å². The molecule has 0 amide bonds. The van der Waals surface area contributed by atoms with Gasteiger partial charge in [-0.1, -0.05) is 0 Å². The van der Waals surface area contributed by atoms with Crippen molar-refractivity contribution in [3.63, 3.8) is 0 Å². The predicted molar refractivity (Wildman–Crippen MR) is 34.1 cm³/mol. The minimum Gasteiger partial charge on any atom is -0.370 e. The quantitative estimate of drug-likeness (QED) is 0.342. The second kappa shape index (κ2) is 2.17. The van der Waals surface area contributed by atoms with Crippen molar-refractivity contribution in [2.24, 2.45) is 16.5 Å². The molecule has 0 aromatic carbocycles. The van der Waals surface area contributed by atoms with Gasteiger partial charge in [-0.15, -0.1) is 0 Å². The lowest BCUT2D eigenvalue weighted by Crippen LogP contribution is -2.21. The molecule has 0 aliphatic rings. The van der Waals surface area contributed by atoms with Crippen LogP contribution in [-0.4, -0.2) is 16.2 Å². The molecule has 1 heterocycles. The summed E-state index contributed by atoms with van der Waals surface area (Å²) < 4.78 is 0. The zero-order valence-electron chi connectivity index (χ0n) is 4.70. The smallest absolute Gasteiger partial charge is 0.191 e. The van der Waals surface area contributed by atoms with Gasteiger partial charge in [-0.3, -0.25) is 5.10 Å². The molecule has 0 spiro atoms. The van der Waals surface area contributed by atoms with Crippen LogP contribution >= 0.6 is 0 Å². The van der Waals surface area contributed by atoms with E-state index >= 15 is 0 Å². The van der Waals surface area contributed by atoms with E-state index in [0.29, 0.717) is 5.69 Å². The van der Waals surface area contributed by atoms with Crippen LogP contribution in [-0.2, 0) is 0 Å². The van der Waals surface area contributed by atoms with Crippen LogP contribution in [0.25, 0.3) is 0 Å². The number of guanidine groups is 1. The molecular weight excluding hydrogens is 118 g/mol. The summed E-state index contributed by atoms with van der Waals surface area (Å²) in [4.78, 5) is 3.70. The molecule has 0 unspecified atom stereocenters. The molecule has 0 bridgehead atoms. The van der Waals surface area contributed by atoms with Crippen molar-refractivity contribution >= 4 is 11.6 Å². The maximum atomic E-state index is 5.07. The Bertz CT molecular complexity index is 195. The van der Waals surface area contributed by atoms with Crippen LogP contribution < -0.4 is 11.5 Å². The van der Waals surface area contributed by atoms with Crippen LogP contribution in [0.1, 0.15) is 0 Å². The van der Waals surface area contributed by atoms with Crippen molar-refractivity contribution < 1.29 is 0 Å². The Labute approximate surface area is 51.8 Å². The molecule has 1 aromatic heterocycles. The first-order chi connectivity index (χ1) is 4.29. The Morgan fingerprint density at radius 3 is 2.89 bits per heavy atom. The van der Waals surface area contributed by atoms with Gasteiger partial charge in [-0.25, -0.2) is 4.99 Å². The molecule has 9 heavy (non-hydrogen) atoms. The van der Waals surface area contributed by atoms with E-state index in [2.05, 4.69) is 15.2 Å². The lowest BCUT2D eigenvalue weighted by atomic mass is 10.6. The fraction of sp³-hybridized carbons (Fsp3) is 0. The highest BCUT2D eigenvalue weighted by molar-refractivity contribution is 5.78. The number of nitrogens with two attached hydrogens (primary N) is 2. The van der Waals surface area contributed by atoms with E-state index in [1.165, 1.54) is 6.20 Å². The summed E-state index contributed by atoms with van der Waals surface area (Å²) in [7, 11) is 0. The molecule has 0 atom stereocenters. The Morgan fingerprint density at radius 1 is 1.67 bits per heavy atom. The van der Waals surface area contributed by atoms with Crippen molar-refractivity contribution in [1.29, 1.82) is 0 Å². The molecule has 0 aliphatic carbocycles. The molecule has 1 aromatic rings. The SMILES string of the molecule is NC(N)=Nc1cn[nH]c1. The van der Waals surface area contributed by atoms with Crippen molar-refractivity contribution in [1.82, 2.24) is 10.2 Å². The van der Waals surface area contributed by atoms with Crippen LogP contribution in [0.15, 0.2) is 17.4 Å². The van der Waals surface area contributed by atoms with E-state index in [0.717, 1.165) is 0 Å². The van der Waals surface area contributed by atoms with Gasteiger partial charge < -0.3 is 11.5 Å². The third-order valence-electron chi connectivity index (χ3n) is 0.742. The van der Waals surface area contributed by atoms with E-state index in [1.807, 2.05) is 0 Å². The molecule has 0 fully saturated rings. The average Bonchev–Trinajstić information content (AvgIpc) is 2.15. The number of nitrogens with one attached hydrogen (secondary N) is 1. The number of hydrogen-bond donors (Lipinski definition) is 3. The van der Waals surface area contributed by atoms with E-state index in [4.69, 9.17) is 11.5 Å². The molecule has 5 N–H and O–H groups in total. The van der Waals surface area contributed by atoms with Gasteiger partial charge in [0, 0.05) is 6.20 Å². The first-order valence-electron chi connectivity index (χ1n) is 2.37. The highest BCUT2D eigenvalue weighted by Gasteiger charge is 1.86. The van der Waals surface area contributed by atoms with E-state index in [-0.39, 0.29) is 5.96 Å². The first kappa shape index (κ1) is 5.61. The minimum atomic E-state index is 0.0383. The van der Waals surface area contributed by atoms with Gasteiger partial charge in [-0.05, 0) is 0 Å². The van der Waals surface area contributed by atoms with E-state index < -0.39 is 0 Å². The normalized spacial score (nSPS) is 8.89. The van der Waals surface area contributed by atoms with Crippen LogP contribution in [0.5, 0.6) is 0 Å². The van der Waals surface area contributed by atoms with Gasteiger partial charge in [0.2, 0.25) is 0 Å². The van der Waals surface area contributed by atoms with Crippen LogP contribution in [0, 0.1) is 0 Å².